The highest BCUT2D eigenvalue weighted by Crippen LogP contribution is 2.32. The predicted molar refractivity (Wildman–Crippen MR) is 127 cm³/mol. The van der Waals surface area contributed by atoms with Crippen LogP contribution in [0.3, 0.4) is 0 Å². The molecular formula is C25H35N3O3. The molecule has 0 saturated carbocycles. The molecule has 0 aliphatic carbocycles. The van der Waals surface area contributed by atoms with Crippen molar-refractivity contribution in [3.63, 3.8) is 0 Å². The van der Waals surface area contributed by atoms with Crippen LogP contribution in [-0.4, -0.2) is 43.5 Å². The van der Waals surface area contributed by atoms with Crippen LogP contribution in [0.1, 0.15) is 57.6 Å². The van der Waals surface area contributed by atoms with Crippen molar-refractivity contribution < 1.29 is 14.3 Å². The molecule has 0 atom stereocenters. The third-order valence-corrected chi connectivity index (χ3v) is 5.17. The molecule has 0 fully saturated rings. The number of hydrogen-bond donors (Lipinski definition) is 2. The van der Waals surface area contributed by atoms with E-state index < -0.39 is 0 Å². The van der Waals surface area contributed by atoms with Crippen molar-refractivity contribution in [1.82, 2.24) is 4.90 Å². The van der Waals surface area contributed by atoms with E-state index in [0.717, 1.165) is 16.8 Å². The smallest absolute Gasteiger partial charge is 0.238 e. The molecule has 168 valence electrons. The highest BCUT2D eigenvalue weighted by atomic mass is 16.5. The Morgan fingerprint density at radius 3 is 1.97 bits per heavy atom. The van der Waals surface area contributed by atoms with Gasteiger partial charge in [0.15, 0.2) is 0 Å². The zero-order valence-corrected chi connectivity index (χ0v) is 19.5. The maximum absolute atomic E-state index is 12.9. The van der Waals surface area contributed by atoms with Crippen LogP contribution in [0.5, 0.6) is 5.75 Å². The Morgan fingerprint density at radius 1 is 0.903 bits per heavy atom. The zero-order chi connectivity index (χ0) is 23.0. The molecule has 2 rings (SSSR count). The number of hydrogen-bond acceptors (Lipinski definition) is 4. The van der Waals surface area contributed by atoms with Crippen molar-refractivity contribution >= 4 is 23.2 Å². The van der Waals surface area contributed by atoms with Crippen LogP contribution >= 0.6 is 0 Å². The van der Waals surface area contributed by atoms with E-state index in [0.29, 0.717) is 29.8 Å². The summed E-state index contributed by atoms with van der Waals surface area (Å²) < 4.78 is 5.19. The minimum Gasteiger partial charge on any atom is -0.497 e. The van der Waals surface area contributed by atoms with Gasteiger partial charge in [-0.25, -0.2) is 0 Å². The second kappa shape index (κ2) is 11.5. The molecule has 0 unspecified atom stereocenters. The van der Waals surface area contributed by atoms with Crippen LogP contribution in [0.25, 0.3) is 0 Å². The summed E-state index contributed by atoms with van der Waals surface area (Å²) >= 11 is 0. The standard InChI is InChI=1S/C25H35N3O3/c1-7-28(15-23(29)26-19-10-8-11-20(14-19)31-6)16-24(30)27-25-21(17(2)3)12-9-13-22(25)18(4)5/h8-14,17-18H,7,15-16H2,1-6H3,(H,26,29)(H,27,30). The van der Waals surface area contributed by atoms with Crippen molar-refractivity contribution in [2.75, 3.05) is 37.4 Å². The fraction of sp³-hybridized carbons (Fsp3) is 0.440. The van der Waals surface area contributed by atoms with Gasteiger partial charge in [0.25, 0.3) is 0 Å². The number of methoxy groups -OCH3 is 1. The summed E-state index contributed by atoms with van der Waals surface area (Å²) in [6.45, 7) is 11.3. The van der Waals surface area contributed by atoms with E-state index in [1.54, 1.807) is 19.2 Å². The number of carbonyl (C=O) groups is 2. The summed E-state index contributed by atoms with van der Waals surface area (Å²) in [5, 5.41) is 5.98. The molecule has 0 radical (unpaired) electrons. The fourth-order valence-corrected chi connectivity index (χ4v) is 3.46. The molecule has 6 nitrogen and oxygen atoms in total. The minimum absolute atomic E-state index is 0.119. The molecule has 0 heterocycles. The maximum atomic E-state index is 12.9. The van der Waals surface area contributed by atoms with E-state index in [1.807, 2.05) is 30.0 Å². The normalized spacial score (nSPS) is 11.1. The van der Waals surface area contributed by atoms with Gasteiger partial charge in [-0.15, -0.1) is 0 Å². The van der Waals surface area contributed by atoms with E-state index in [1.165, 1.54) is 0 Å². The Kier molecular flexibility index (Phi) is 9.06. The lowest BCUT2D eigenvalue weighted by Crippen LogP contribution is -2.38. The molecule has 0 bridgehead atoms. The number of nitrogens with zero attached hydrogens (tertiary/aromatic N) is 1. The molecule has 2 aromatic carbocycles. The number of anilines is 2. The molecular weight excluding hydrogens is 390 g/mol. The summed E-state index contributed by atoms with van der Waals surface area (Å²) in [4.78, 5) is 27.2. The van der Waals surface area contributed by atoms with Crippen molar-refractivity contribution in [1.29, 1.82) is 0 Å². The van der Waals surface area contributed by atoms with Crippen LogP contribution in [0.2, 0.25) is 0 Å². The highest BCUT2D eigenvalue weighted by Gasteiger charge is 2.18. The van der Waals surface area contributed by atoms with Crippen molar-refractivity contribution in [3.05, 3.63) is 53.6 Å². The van der Waals surface area contributed by atoms with Gasteiger partial charge in [0.05, 0.1) is 20.2 Å². The van der Waals surface area contributed by atoms with Crippen LogP contribution in [0, 0.1) is 0 Å². The number of amides is 2. The third-order valence-electron chi connectivity index (χ3n) is 5.17. The van der Waals surface area contributed by atoms with Gasteiger partial charge in [-0.05, 0) is 41.6 Å². The lowest BCUT2D eigenvalue weighted by Gasteiger charge is -2.23. The molecule has 31 heavy (non-hydrogen) atoms. The van der Waals surface area contributed by atoms with Gasteiger partial charge < -0.3 is 15.4 Å². The van der Waals surface area contributed by atoms with Crippen LogP contribution in [0.4, 0.5) is 11.4 Å². The van der Waals surface area contributed by atoms with Crippen molar-refractivity contribution in [3.8, 4) is 5.75 Å². The Hall–Kier alpha value is -2.86. The number of likely N-dealkylation sites (N-methyl/N-ethyl adjacent to an activating group) is 1. The van der Waals surface area contributed by atoms with Gasteiger partial charge in [-0.1, -0.05) is 58.9 Å². The van der Waals surface area contributed by atoms with E-state index >= 15 is 0 Å². The Balaban J connectivity index is 2.04. The quantitative estimate of drug-likeness (QED) is 0.571. The molecule has 0 spiro atoms. The van der Waals surface area contributed by atoms with E-state index in [4.69, 9.17) is 4.74 Å². The first-order valence-corrected chi connectivity index (χ1v) is 10.8. The molecule has 6 heteroatoms. The van der Waals surface area contributed by atoms with Crippen molar-refractivity contribution in [2.24, 2.45) is 0 Å². The molecule has 2 aromatic rings. The summed E-state index contributed by atoms with van der Waals surface area (Å²) in [5.74, 6) is 0.975. The summed E-state index contributed by atoms with van der Waals surface area (Å²) in [7, 11) is 1.58. The Labute approximate surface area is 186 Å². The SMILES string of the molecule is CCN(CC(=O)Nc1cccc(OC)c1)CC(=O)Nc1c(C(C)C)cccc1C(C)C. The van der Waals surface area contributed by atoms with Gasteiger partial charge in [0.1, 0.15) is 5.75 Å². The summed E-state index contributed by atoms with van der Waals surface area (Å²) in [6, 6.07) is 13.4. The molecule has 2 amide bonds. The van der Waals surface area contributed by atoms with Gasteiger partial charge in [0.2, 0.25) is 11.8 Å². The largest absolute Gasteiger partial charge is 0.497 e. The number of para-hydroxylation sites is 1. The Morgan fingerprint density at radius 2 is 1.45 bits per heavy atom. The average molecular weight is 426 g/mol. The number of benzene rings is 2. The van der Waals surface area contributed by atoms with E-state index in [9.17, 15) is 9.59 Å². The van der Waals surface area contributed by atoms with Gasteiger partial charge in [0, 0.05) is 17.4 Å². The number of ether oxygens (including phenoxy) is 1. The maximum Gasteiger partial charge on any atom is 0.238 e. The first kappa shape index (κ1) is 24.4. The van der Waals surface area contributed by atoms with Gasteiger partial charge in [-0.2, -0.15) is 0 Å². The van der Waals surface area contributed by atoms with Gasteiger partial charge in [-0.3, -0.25) is 14.5 Å². The third kappa shape index (κ3) is 7.10. The Bertz CT molecular complexity index is 867. The predicted octanol–water partition coefficient (Wildman–Crippen LogP) is 4.84. The molecule has 0 saturated heterocycles. The number of nitrogens with one attached hydrogen (secondary N) is 2. The molecule has 0 aliphatic rings. The second-order valence-electron chi connectivity index (χ2n) is 8.25. The van der Waals surface area contributed by atoms with Crippen LogP contribution in [0.15, 0.2) is 42.5 Å². The van der Waals surface area contributed by atoms with Crippen LogP contribution in [-0.2, 0) is 9.59 Å². The second-order valence-corrected chi connectivity index (χ2v) is 8.25. The molecule has 0 aliphatic heterocycles. The van der Waals surface area contributed by atoms with E-state index in [2.05, 4.69) is 50.5 Å². The number of carbonyl (C=O) groups excluding carboxylic acids is 2. The first-order chi connectivity index (χ1) is 14.7. The average Bonchev–Trinajstić information content (AvgIpc) is 2.72. The zero-order valence-electron chi connectivity index (χ0n) is 19.5. The fourth-order valence-electron chi connectivity index (χ4n) is 3.46. The monoisotopic (exact) mass is 425 g/mol. The van der Waals surface area contributed by atoms with Crippen molar-refractivity contribution in [2.45, 2.75) is 46.5 Å². The van der Waals surface area contributed by atoms with E-state index in [-0.39, 0.29) is 24.9 Å². The highest BCUT2D eigenvalue weighted by molar-refractivity contribution is 5.95. The molecule has 0 aromatic heterocycles. The minimum atomic E-state index is -0.173. The van der Waals surface area contributed by atoms with Gasteiger partial charge >= 0.3 is 0 Å². The lowest BCUT2D eigenvalue weighted by molar-refractivity contribution is -0.119. The lowest BCUT2D eigenvalue weighted by atomic mass is 9.92. The summed E-state index contributed by atoms with van der Waals surface area (Å²) in [5.41, 5.74) is 3.81. The number of rotatable bonds is 10. The molecule has 2 N–H and O–H groups in total. The summed E-state index contributed by atoms with van der Waals surface area (Å²) in [6.07, 6.45) is 0. The first-order valence-electron chi connectivity index (χ1n) is 10.8. The topological polar surface area (TPSA) is 70.7 Å². The van der Waals surface area contributed by atoms with Crippen LogP contribution < -0.4 is 15.4 Å².